The third-order valence-corrected chi connectivity index (χ3v) is 5.54. The van der Waals surface area contributed by atoms with E-state index in [-0.39, 0.29) is 0 Å². The fourth-order valence-corrected chi connectivity index (χ4v) is 5.42. The molecule has 0 spiro atoms. The predicted molar refractivity (Wildman–Crippen MR) is 32.9 cm³/mol. The quantitative estimate of drug-likeness (QED) is 0.419. The van der Waals surface area contributed by atoms with Crippen molar-refractivity contribution >= 4 is 8.80 Å². The van der Waals surface area contributed by atoms with Crippen LogP contribution in [0.25, 0.3) is 0 Å². The van der Waals surface area contributed by atoms with Gasteiger partial charge < -0.3 is 0 Å². The van der Waals surface area contributed by atoms with E-state index >= 15 is 0 Å². The topological polar surface area (TPSA) is 0 Å². The molecule has 0 atom stereocenters. The first-order chi connectivity index (χ1) is 3.45. The van der Waals surface area contributed by atoms with Gasteiger partial charge in [-0.1, -0.05) is 31.0 Å². The van der Waals surface area contributed by atoms with Crippen LogP contribution in [-0.2, 0) is 0 Å². The van der Waals surface area contributed by atoms with E-state index in [4.69, 9.17) is 0 Å². The molecule has 0 unspecified atom stereocenters. The van der Waals surface area contributed by atoms with E-state index in [1.165, 1.54) is 5.92 Å². The molecule has 0 amide bonds. The molecule has 2 fully saturated rings. The Morgan fingerprint density at radius 1 is 1.14 bits per heavy atom. The van der Waals surface area contributed by atoms with Gasteiger partial charge in [-0.3, -0.25) is 0 Å². The summed E-state index contributed by atoms with van der Waals surface area (Å²) in [6.45, 7) is 0. The average Bonchev–Trinajstić information content (AvgIpc) is 2.22. The lowest BCUT2D eigenvalue weighted by Gasteiger charge is -2.04. The second-order valence-corrected chi connectivity index (χ2v) is 5.81. The summed E-state index contributed by atoms with van der Waals surface area (Å²) in [7, 11) is 0.323. The van der Waals surface area contributed by atoms with Crippen molar-refractivity contribution in [3.05, 3.63) is 0 Å². The molecule has 2 rings (SSSR count). The summed E-state index contributed by atoms with van der Waals surface area (Å²) in [6.07, 6.45) is 3.21. The van der Waals surface area contributed by atoms with Crippen molar-refractivity contribution in [2.75, 3.05) is 0 Å². The van der Waals surface area contributed by atoms with Crippen molar-refractivity contribution < 1.29 is 0 Å². The van der Waals surface area contributed by atoms with Gasteiger partial charge in [0.15, 0.2) is 0 Å². The van der Waals surface area contributed by atoms with Crippen LogP contribution >= 0.6 is 0 Å². The molecule has 1 heteroatoms. The Balaban J connectivity index is 2.12. The summed E-state index contributed by atoms with van der Waals surface area (Å²) < 4.78 is 0. The van der Waals surface area contributed by atoms with Gasteiger partial charge in [-0.2, -0.15) is 0 Å². The molecule has 0 nitrogen and oxygen atoms in total. The van der Waals surface area contributed by atoms with Crippen molar-refractivity contribution in [2.24, 2.45) is 5.92 Å². The normalized spacial score (nSPS) is 32.6. The molecule has 0 aromatic carbocycles. The Kier molecular flexibility index (Phi) is 0.794. The SMILES string of the molecule is C1C[Si]2CCC1C2. The monoisotopic (exact) mass is 111 g/mol. The highest BCUT2D eigenvalue weighted by atomic mass is 28.3. The lowest BCUT2D eigenvalue weighted by Crippen LogP contribution is -2.00. The zero-order valence-electron chi connectivity index (χ0n) is 4.61. The molecule has 39 valence electrons. The number of fused-ring (bicyclic) bond motifs is 2. The first kappa shape index (κ1) is 4.13. The van der Waals surface area contributed by atoms with Gasteiger partial charge in [0.05, 0.1) is 0 Å². The molecule has 0 aliphatic carbocycles. The van der Waals surface area contributed by atoms with Crippen molar-refractivity contribution in [3.8, 4) is 0 Å². The van der Waals surface area contributed by atoms with Crippen LogP contribution in [0.4, 0.5) is 0 Å². The highest BCUT2D eigenvalue weighted by Gasteiger charge is 2.31. The van der Waals surface area contributed by atoms with Crippen molar-refractivity contribution in [1.82, 2.24) is 0 Å². The van der Waals surface area contributed by atoms with Gasteiger partial charge in [0.2, 0.25) is 0 Å². The number of hydrogen-bond donors (Lipinski definition) is 0. The predicted octanol–water partition coefficient (Wildman–Crippen LogP) is 1.90. The third-order valence-electron chi connectivity index (χ3n) is 2.39. The van der Waals surface area contributed by atoms with E-state index in [2.05, 4.69) is 0 Å². The molecule has 1 radical (unpaired) electrons. The molecule has 2 heterocycles. The van der Waals surface area contributed by atoms with Crippen LogP contribution in [0, 0.1) is 5.92 Å². The standard InChI is InChI=1S/C6H11Si/c1-3-7-4-2-6(1)5-7/h6H,1-5H2. The lowest BCUT2D eigenvalue weighted by atomic mass is 10.1. The van der Waals surface area contributed by atoms with Crippen molar-refractivity contribution in [2.45, 2.75) is 31.0 Å². The molecule has 7 heavy (non-hydrogen) atoms. The molecule has 0 aromatic rings. The Hall–Kier alpha value is 0.217. The minimum Gasteiger partial charge on any atom is -0.0587 e. The van der Waals surface area contributed by atoms with Crippen molar-refractivity contribution in [1.29, 1.82) is 0 Å². The average molecular weight is 111 g/mol. The Morgan fingerprint density at radius 2 is 1.86 bits per heavy atom. The maximum atomic E-state index is 1.69. The van der Waals surface area contributed by atoms with E-state index in [9.17, 15) is 0 Å². The molecule has 2 aliphatic rings. The number of hydrogen-bond acceptors (Lipinski definition) is 0. The largest absolute Gasteiger partial charge is 0.0587 e. The van der Waals surface area contributed by atoms with Gasteiger partial charge in [-0.05, 0) is 5.92 Å². The van der Waals surface area contributed by atoms with Crippen LogP contribution in [-0.4, -0.2) is 8.80 Å². The molecular weight excluding hydrogens is 100 g/mol. The van der Waals surface area contributed by atoms with Gasteiger partial charge in [0, 0.05) is 8.80 Å². The Labute approximate surface area is 46.5 Å². The first-order valence-electron chi connectivity index (χ1n) is 3.29. The first-order valence-corrected chi connectivity index (χ1v) is 5.41. The summed E-state index contributed by atoms with van der Waals surface area (Å²) in [6, 6.07) is 5.01. The number of rotatable bonds is 0. The fraction of sp³-hybridized carbons (Fsp3) is 1.00. The van der Waals surface area contributed by atoms with E-state index in [0.717, 1.165) is 0 Å². The highest BCUT2D eigenvalue weighted by Crippen LogP contribution is 2.40. The van der Waals surface area contributed by atoms with Gasteiger partial charge in [-0.25, -0.2) is 0 Å². The second-order valence-electron chi connectivity index (χ2n) is 2.90. The summed E-state index contributed by atoms with van der Waals surface area (Å²) in [5, 5.41) is 0. The fourth-order valence-electron chi connectivity index (χ4n) is 1.90. The zero-order chi connectivity index (χ0) is 4.69. The van der Waals surface area contributed by atoms with Crippen LogP contribution in [0.15, 0.2) is 0 Å². The third kappa shape index (κ3) is 0.547. The van der Waals surface area contributed by atoms with Crippen LogP contribution in [0.3, 0.4) is 0 Å². The molecule has 0 aromatic heterocycles. The Bertz CT molecular complexity index is 62.2. The van der Waals surface area contributed by atoms with Crippen LogP contribution in [0.5, 0.6) is 0 Å². The second kappa shape index (κ2) is 1.34. The minimum absolute atomic E-state index is 0.323. The molecule has 0 saturated carbocycles. The molecule has 2 saturated heterocycles. The summed E-state index contributed by atoms with van der Waals surface area (Å²) >= 11 is 0. The summed E-state index contributed by atoms with van der Waals surface area (Å²) in [5.74, 6) is 1.22. The van der Waals surface area contributed by atoms with Crippen molar-refractivity contribution in [3.63, 3.8) is 0 Å². The van der Waals surface area contributed by atoms with Gasteiger partial charge in [0.25, 0.3) is 0 Å². The molecule has 2 aliphatic heterocycles. The molecule has 0 N–H and O–H groups in total. The minimum atomic E-state index is 0.323. The van der Waals surface area contributed by atoms with Gasteiger partial charge in [-0.15, -0.1) is 0 Å². The van der Waals surface area contributed by atoms with Crippen LogP contribution < -0.4 is 0 Å². The highest BCUT2D eigenvalue weighted by molar-refractivity contribution is 6.60. The maximum Gasteiger partial charge on any atom is 0.0482 e. The van der Waals surface area contributed by atoms with E-state index < -0.39 is 0 Å². The van der Waals surface area contributed by atoms with E-state index in [1.54, 1.807) is 31.0 Å². The van der Waals surface area contributed by atoms with Gasteiger partial charge in [0.1, 0.15) is 0 Å². The zero-order valence-corrected chi connectivity index (χ0v) is 5.61. The van der Waals surface area contributed by atoms with Gasteiger partial charge >= 0.3 is 0 Å². The maximum absolute atomic E-state index is 1.69. The van der Waals surface area contributed by atoms with E-state index in [0.29, 0.717) is 8.80 Å². The molecule has 2 bridgehead atoms. The van der Waals surface area contributed by atoms with Crippen LogP contribution in [0.2, 0.25) is 18.1 Å². The van der Waals surface area contributed by atoms with Crippen LogP contribution in [0.1, 0.15) is 12.8 Å². The van der Waals surface area contributed by atoms with E-state index in [1.807, 2.05) is 0 Å². The lowest BCUT2D eigenvalue weighted by molar-refractivity contribution is 0.577. The molecular formula is C6H11Si. The summed E-state index contributed by atoms with van der Waals surface area (Å²) in [5.41, 5.74) is 0. The summed E-state index contributed by atoms with van der Waals surface area (Å²) in [4.78, 5) is 0. The Morgan fingerprint density at radius 3 is 2.00 bits per heavy atom. The smallest absolute Gasteiger partial charge is 0.0482 e.